The van der Waals surface area contributed by atoms with E-state index in [-0.39, 0.29) is 10.8 Å². The highest BCUT2D eigenvalue weighted by atomic mass is 32.1. The fourth-order valence-corrected chi connectivity index (χ4v) is 2.53. The van der Waals surface area contributed by atoms with E-state index in [1.54, 1.807) is 18.2 Å². The first-order chi connectivity index (χ1) is 10.6. The van der Waals surface area contributed by atoms with Crippen molar-refractivity contribution in [2.75, 3.05) is 19.5 Å². The number of hydrogen-bond acceptors (Lipinski definition) is 6. The first-order valence-corrected chi connectivity index (χ1v) is 6.98. The maximum atomic E-state index is 12.1. The number of carbonyl (C=O) groups is 2. The van der Waals surface area contributed by atoms with E-state index in [2.05, 4.69) is 5.32 Å². The zero-order chi connectivity index (χ0) is 16.1. The molecule has 2 aromatic rings. The van der Waals surface area contributed by atoms with E-state index in [1.807, 2.05) is 0 Å². The van der Waals surface area contributed by atoms with Crippen LogP contribution in [0.4, 0.5) is 5.69 Å². The van der Waals surface area contributed by atoms with Gasteiger partial charge < -0.3 is 14.8 Å². The first-order valence-electron chi connectivity index (χ1n) is 6.16. The summed E-state index contributed by atoms with van der Waals surface area (Å²) in [5.74, 6) is 0.0229. The van der Waals surface area contributed by atoms with Crippen molar-refractivity contribution in [1.29, 1.82) is 0 Å². The summed E-state index contributed by atoms with van der Waals surface area (Å²) in [5.41, 5.74) is 2.05. The maximum absolute atomic E-state index is 12.1. The molecular weight excluding hydrogens is 308 g/mol. The van der Waals surface area contributed by atoms with E-state index < -0.39 is 5.91 Å². The largest absolute Gasteiger partial charge is 0.493 e. The van der Waals surface area contributed by atoms with Gasteiger partial charge in [0.15, 0.2) is 11.5 Å². The predicted molar refractivity (Wildman–Crippen MR) is 81.1 cm³/mol. The van der Waals surface area contributed by atoms with Crippen molar-refractivity contribution in [3.05, 3.63) is 40.1 Å². The summed E-state index contributed by atoms with van der Waals surface area (Å²) in [6.07, 6.45) is 0. The lowest BCUT2D eigenvalue weighted by Gasteiger charge is -2.10. The zero-order valence-electron chi connectivity index (χ0n) is 11.9. The van der Waals surface area contributed by atoms with Crippen LogP contribution in [0.3, 0.4) is 0 Å². The molecule has 8 heteroatoms. The molecule has 22 heavy (non-hydrogen) atoms. The normalized spacial score (nSPS) is 9.95. The quantitative estimate of drug-likeness (QED) is 0.579. The van der Waals surface area contributed by atoms with Crippen molar-refractivity contribution in [2.24, 2.45) is 0 Å². The molecule has 0 bridgehead atoms. The molecule has 0 saturated heterocycles. The van der Waals surface area contributed by atoms with E-state index >= 15 is 0 Å². The molecule has 7 nitrogen and oxygen atoms in total. The molecule has 1 aromatic carbocycles. The van der Waals surface area contributed by atoms with Crippen LogP contribution in [0.2, 0.25) is 0 Å². The number of carbonyl (C=O) groups excluding carboxylic acids is 2. The molecule has 1 heterocycles. The molecule has 0 unspecified atom stereocenters. The Labute approximate surface area is 130 Å². The van der Waals surface area contributed by atoms with Crippen LogP contribution in [0.25, 0.3) is 0 Å². The number of hydroxylamine groups is 1. The SMILES string of the molecule is COc1ccc(NC(=O)c2ccc(C(=O)NO)s2)cc1OC. The van der Waals surface area contributed by atoms with E-state index in [4.69, 9.17) is 14.7 Å². The molecule has 0 spiro atoms. The van der Waals surface area contributed by atoms with Gasteiger partial charge in [0.25, 0.3) is 11.8 Å². The lowest BCUT2D eigenvalue weighted by Crippen LogP contribution is -2.17. The third-order valence-corrected chi connectivity index (χ3v) is 3.88. The minimum Gasteiger partial charge on any atom is -0.493 e. The van der Waals surface area contributed by atoms with E-state index in [0.717, 1.165) is 11.3 Å². The first kappa shape index (κ1) is 15.8. The average molecular weight is 322 g/mol. The van der Waals surface area contributed by atoms with Gasteiger partial charge in [-0.15, -0.1) is 11.3 Å². The van der Waals surface area contributed by atoms with Gasteiger partial charge in [-0.1, -0.05) is 0 Å². The molecule has 0 aliphatic carbocycles. The predicted octanol–water partition coefficient (Wildman–Crippen LogP) is 2.14. The number of methoxy groups -OCH3 is 2. The molecule has 2 rings (SSSR count). The van der Waals surface area contributed by atoms with Crippen molar-refractivity contribution in [3.8, 4) is 11.5 Å². The number of nitrogens with one attached hydrogen (secondary N) is 2. The monoisotopic (exact) mass is 322 g/mol. The van der Waals surface area contributed by atoms with Crippen LogP contribution in [-0.4, -0.2) is 31.2 Å². The molecular formula is C14H14N2O5S. The van der Waals surface area contributed by atoms with Crippen molar-refractivity contribution >= 4 is 28.8 Å². The Morgan fingerprint density at radius 3 is 2.23 bits per heavy atom. The highest BCUT2D eigenvalue weighted by molar-refractivity contribution is 7.16. The number of rotatable bonds is 5. The van der Waals surface area contributed by atoms with Crippen LogP contribution >= 0.6 is 11.3 Å². The van der Waals surface area contributed by atoms with Gasteiger partial charge in [0, 0.05) is 11.8 Å². The second kappa shape index (κ2) is 6.92. The number of thiophene rings is 1. The van der Waals surface area contributed by atoms with Gasteiger partial charge in [-0.05, 0) is 24.3 Å². The second-order valence-electron chi connectivity index (χ2n) is 4.13. The number of hydrogen-bond donors (Lipinski definition) is 3. The Balaban J connectivity index is 2.15. The Bertz CT molecular complexity index is 698. The number of benzene rings is 1. The van der Waals surface area contributed by atoms with Crippen LogP contribution < -0.4 is 20.3 Å². The summed E-state index contributed by atoms with van der Waals surface area (Å²) in [6, 6.07) is 7.94. The Hall–Kier alpha value is -2.58. The number of amides is 2. The molecule has 0 atom stereocenters. The van der Waals surface area contributed by atoms with Gasteiger partial charge in [0.1, 0.15) is 0 Å². The van der Waals surface area contributed by atoms with Gasteiger partial charge in [0.2, 0.25) is 0 Å². The topological polar surface area (TPSA) is 96.9 Å². The third kappa shape index (κ3) is 3.35. The molecule has 116 valence electrons. The molecule has 0 aliphatic heterocycles. The lowest BCUT2D eigenvalue weighted by molar-refractivity contribution is 0.0711. The Morgan fingerprint density at radius 1 is 1.00 bits per heavy atom. The molecule has 2 amide bonds. The van der Waals surface area contributed by atoms with E-state index in [0.29, 0.717) is 22.1 Å². The molecule has 0 saturated carbocycles. The van der Waals surface area contributed by atoms with Gasteiger partial charge in [-0.2, -0.15) is 0 Å². The molecule has 3 N–H and O–H groups in total. The molecule has 1 aromatic heterocycles. The Kier molecular flexibility index (Phi) is 4.97. The summed E-state index contributed by atoms with van der Waals surface area (Å²) in [6.45, 7) is 0. The summed E-state index contributed by atoms with van der Waals surface area (Å²) in [4.78, 5) is 24.0. The summed E-state index contributed by atoms with van der Waals surface area (Å²) in [5, 5.41) is 11.3. The number of ether oxygens (including phenoxy) is 2. The van der Waals surface area contributed by atoms with Crippen molar-refractivity contribution < 1.29 is 24.3 Å². The van der Waals surface area contributed by atoms with Gasteiger partial charge in [-0.3, -0.25) is 14.8 Å². The summed E-state index contributed by atoms with van der Waals surface area (Å²) >= 11 is 0.971. The summed E-state index contributed by atoms with van der Waals surface area (Å²) < 4.78 is 10.3. The zero-order valence-corrected chi connectivity index (χ0v) is 12.7. The second-order valence-corrected chi connectivity index (χ2v) is 5.21. The molecule has 0 fully saturated rings. The van der Waals surface area contributed by atoms with Crippen LogP contribution in [0.5, 0.6) is 11.5 Å². The minimum atomic E-state index is -0.657. The van der Waals surface area contributed by atoms with Crippen molar-refractivity contribution in [1.82, 2.24) is 5.48 Å². The van der Waals surface area contributed by atoms with Gasteiger partial charge >= 0.3 is 0 Å². The fourth-order valence-electron chi connectivity index (χ4n) is 1.74. The minimum absolute atomic E-state index is 0.236. The smallest absolute Gasteiger partial charge is 0.284 e. The molecule has 0 radical (unpaired) electrons. The van der Waals surface area contributed by atoms with Gasteiger partial charge in [-0.25, -0.2) is 5.48 Å². The van der Waals surface area contributed by atoms with Crippen LogP contribution in [0, 0.1) is 0 Å². The molecule has 0 aliphatic rings. The van der Waals surface area contributed by atoms with Crippen molar-refractivity contribution in [3.63, 3.8) is 0 Å². The van der Waals surface area contributed by atoms with Crippen LogP contribution in [-0.2, 0) is 0 Å². The fraction of sp³-hybridized carbons (Fsp3) is 0.143. The van der Waals surface area contributed by atoms with Crippen LogP contribution in [0.1, 0.15) is 19.3 Å². The average Bonchev–Trinajstić information content (AvgIpc) is 3.04. The van der Waals surface area contributed by atoms with Crippen molar-refractivity contribution in [2.45, 2.75) is 0 Å². The lowest BCUT2D eigenvalue weighted by atomic mass is 10.2. The third-order valence-electron chi connectivity index (χ3n) is 2.80. The van der Waals surface area contributed by atoms with Gasteiger partial charge in [0.05, 0.1) is 24.0 Å². The highest BCUT2D eigenvalue weighted by Gasteiger charge is 2.14. The number of anilines is 1. The Morgan fingerprint density at radius 2 is 1.64 bits per heavy atom. The standard InChI is InChI=1S/C14H14N2O5S/c1-20-9-4-3-8(7-10(9)21-2)15-13(17)11-5-6-12(22-11)14(18)16-19/h3-7,19H,1-2H3,(H,15,17)(H,16,18). The van der Waals surface area contributed by atoms with E-state index in [1.165, 1.54) is 31.8 Å². The maximum Gasteiger partial charge on any atom is 0.284 e. The van der Waals surface area contributed by atoms with E-state index in [9.17, 15) is 9.59 Å². The summed E-state index contributed by atoms with van der Waals surface area (Å²) in [7, 11) is 3.03. The van der Waals surface area contributed by atoms with Crippen LogP contribution in [0.15, 0.2) is 30.3 Å². The highest BCUT2D eigenvalue weighted by Crippen LogP contribution is 2.30.